The Labute approximate surface area is 420 Å². The number of benzene rings is 3. The van der Waals surface area contributed by atoms with Gasteiger partial charge in [-0.25, -0.2) is 9.36 Å². The molecule has 0 radical (unpaired) electrons. The summed E-state index contributed by atoms with van der Waals surface area (Å²) in [6, 6.07) is 22.6. The van der Waals surface area contributed by atoms with Crippen molar-refractivity contribution in [3.05, 3.63) is 119 Å². The molecule has 8 rings (SSSR count). The van der Waals surface area contributed by atoms with Crippen molar-refractivity contribution in [1.82, 2.24) is 49.8 Å². The lowest BCUT2D eigenvalue weighted by Crippen LogP contribution is -2.51. The summed E-state index contributed by atoms with van der Waals surface area (Å²) in [6.45, 7) is 15.3. The zero-order valence-electron chi connectivity index (χ0n) is 41.9. The molecule has 2 aliphatic heterocycles. The van der Waals surface area contributed by atoms with Gasteiger partial charge in [0.25, 0.3) is 0 Å². The lowest BCUT2D eigenvalue weighted by molar-refractivity contribution is -0.143. The summed E-state index contributed by atoms with van der Waals surface area (Å²) < 4.78 is 9.33. The predicted octanol–water partition coefficient (Wildman–Crippen LogP) is 5.73. The van der Waals surface area contributed by atoms with Gasteiger partial charge in [-0.2, -0.15) is 10.4 Å². The van der Waals surface area contributed by atoms with Crippen LogP contribution in [0.15, 0.2) is 91.4 Å². The fraction of sp³-hybridized carbons (Fsp3) is 0.418. The molecule has 0 aliphatic carbocycles. The Bertz CT molecular complexity index is 2970. The number of hydrogen-bond acceptors (Lipinski definition) is 12. The third kappa shape index (κ3) is 12.0. The van der Waals surface area contributed by atoms with Gasteiger partial charge in [-0.15, -0.1) is 11.5 Å². The van der Waals surface area contributed by atoms with E-state index in [9.17, 15) is 24.8 Å². The number of β-amino-alcohol motifs (C(OH)–C–C–N with tert-alkyl or cyclic N) is 1. The minimum absolute atomic E-state index is 0.00222. The first-order chi connectivity index (χ1) is 34.5. The Kier molecular flexibility index (Phi) is 15.5. The molecule has 5 atom stereocenters. The number of rotatable bonds is 16. The van der Waals surface area contributed by atoms with Crippen LogP contribution in [0, 0.1) is 41.9 Å². The third-order valence-corrected chi connectivity index (χ3v) is 13.3. The summed E-state index contributed by atoms with van der Waals surface area (Å²) in [7, 11) is 0. The highest BCUT2D eigenvalue weighted by Gasteiger charge is 2.43. The first-order valence-electron chi connectivity index (χ1n) is 24.6. The summed E-state index contributed by atoms with van der Waals surface area (Å²) in [5.74, 6) is 2.04. The van der Waals surface area contributed by atoms with Gasteiger partial charge in [-0.1, -0.05) is 76.1 Å². The second-order valence-corrected chi connectivity index (χ2v) is 20.6. The number of aryl methyl sites for hydroxylation is 1. The molecule has 0 bridgehead atoms. The molecule has 3 amide bonds. The Morgan fingerprint density at radius 2 is 1.74 bits per heavy atom. The molecule has 3 aromatic carbocycles. The van der Waals surface area contributed by atoms with Crippen LogP contribution in [-0.4, -0.2) is 125 Å². The number of hydrogen-bond donors (Lipinski definition) is 3. The summed E-state index contributed by atoms with van der Waals surface area (Å²) >= 11 is 0. The van der Waals surface area contributed by atoms with Crippen molar-refractivity contribution in [1.29, 1.82) is 5.26 Å². The molecule has 72 heavy (non-hydrogen) atoms. The van der Waals surface area contributed by atoms with E-state index in [1.165, 1.54) is 9.58 Å². The number of amides is 3. The third-order valence-electron chi connectivity index (χ3n) is 13.3. The van der Waals surface area contributed by atoms with E-state index in [1.807, 2.05) is 78.2 Å². The molecule has 2 saturated heterocycles. The number of pyridine rings is 1. The number of aliphatic hydroxyl groups is 1. The number of carbonyl (C=O) groups excluding carboxylic acids is 3. The van der Waals surface area contributed by atoms with E-state index >= 15 is 0 Å². The minimum atomic E-state index is -0.952. The van der Waals surface area contributed by atoms with Gasteiger partial charge in [-0.3, -0.25) is 24.3 Å². The standard InChI is InChI=1S/C55H64N12O5/c1-8-37-9-13-39(14-10-37)46(59-53(70)48-26-44(68)32-65(48)54(71)52(35(2)3)67-30-36(4)60-62-67)27-50(69)64-23-21-63(22-24-64)31-38-11-16-43(17-12-38)66-33-47-51(61-66)45(19-20-58-47)40-15-18-49(41(25-40)29-56)72-34-42(57)28-55(5,6)7/h1,9-20,25,30,33,35,42,44,46,48,52,68H,21-24,26-28,31-32,34,57H2,2-7H3,(H,59,70)/t42-,44+,46-,48-,52?/m0/s1. The van der Waals surface area contributed by atoms with Crippen molar-refractivity contribution in [3.8, 4) is 41.0 Å². The smallest absolute Gasteiger partial charge is 0.248 e. The molecule has 4 N–H and O–H groups in total. The zero-order valence-corrected chi connectivity index (χ0v) is 41.9. The summed E-state index contributed by atoms with van der Waals surface area (Å²) in [5.41, 5.74) is 13.9. The molecular formula is C55H64N12O5. The number of likely N-dealkylation sites (tertiary alicyclic amines) is 1. The van der Waals surface area contributed by atoms with Crippen LogP contribution >= 0.6 is 0 Å². The molecule has 5 heterocycles. The number of nitrogens with two attached hydrogens (primary N) is 1. The van der Waals surface area contributed by atoms with E-state index in [4.69, 9.17) is 22.0 Å². The number of aromatic nitrogens is 6. The largest absolute Gasteiger partial charge is 0.491 e. The summed E-state index contributed by atoms with van der Waals surface area (Å²) in [4.78, 5) is 52.5. The molecule has 0 saturated carbocycles. The predicted molar refractivity (Wildman–Crippen MR) is 273 cm³/mol. The van der Waals surface area contributed by atoms with E-state index in [0.29, 0.717) is 78.5 Å². The highest BCUT2D eigenvalue weighted by atomic mass is 16.5. The number of aliphatic hydroxyl groups excluding tert-OH is 1. The maximum Gasteiger partial charge on any atom is 0.248 e. The van der Waals surface area contributed by atoms with Crippen LogP contribution in [0.4, 0.5) is 0 Å². The van der Waals surface area contributed by atoms with Crippen LogP contribution in [0.1, 0.15) is 93.9 Å². The van der Waals surface area contributed by atoms with Gasteiger partial charge in [0.2, 0.25) is 17.7 Å². The first kappa shape index (κ1) is 50.9. The van der Waals surface area contributed by atoms with Crippen LogP contribution in [0.3, 0.4) is 0 Å². The topological polar surface area (TPSA) is 214 Å². The van der Waals surface area contributed by atoms with Gasteiger partial charge in [-0.05, 0) is 83.8 Å². The Morgan fingerprint density at radius 1 is 1.00 bits per heavy atom. The van der Waals surface area contributed by atoms with E-state index in [0.717, 1.165) is 28.8 Å². The number of carbonyl (C=O) groups is 3. The second kappa shape index (κ2) is 21.9. The van der Waals surface area contributed by atoms with Gasteiger partial charge in [0.15, 0.2) is 0 Å². The number of terminal acetylenes is 1. The Balaban J connectivity index is 0.885. The molecule has 17 heteroatoms. The van der Waals surface area contributed by atoms with Crippen molar-refractivity contribution in [2.24, 2.45) is 17.1 Å². The SMILES string of the molecule is C#Cc1ccc([C@H](CC(=O)N2CCN(Cc3ccc(-n4cc5nccc(-c6ccc(OC[C@@H](N)CC(C)(C)C)c(C#N)c6)c5n4)cc3)CC2)NC(=O)[C@@H]2C[C@@H](O)CN2C(=O)C(C(C)C)n2cc(C)nn2)cc1. The van der Waals surface area contributed by atoms with Gasteiger partial charge >= 0.3 is 0 Å². The van der Waals surface area contributed by atoms with Gasteiger partial charge in [0, 0.05) is 75.3 Å². The van der Waals surface area contributed by atoms with E-state index in [1.54, 1.807) is 31.5 Å². The van der Waals surface area contributed by atoms with Crippen LogP contribution in [0.25, 0.3) is 27.8 Å². The van der Waals surface area contributed by atoms with E-state index in [2.05, 4.69) is 70.4 Å². The molecule has 1 unspecified atom stereocenters. The van der Waals surface area contributed by atoms with Crippen molar-refractivity contribution in [2.75, 3.05) is 39.3 Å². The highest BCUT2D eigenvalue weighted by molar-refractivity contribution is 5.92. The van der Waals surface area contributed by atoms with Crippen LogP contribution in [0.5, 0.6) is 5.75 Å². The number of nitriles is 1. The van der Waals surface area contributed by atoms with Crippen LogP contribution in [0.2, 0.25) is 0 Å². The molecule has 3 aromatic heterocycles. The number of nitrogens with zero attached hydrogens (tertiary/aromatic N) is 10. The van der Waals surface area contributed by atoms with Gasteiger partial charge < -0.3 is 30.7 Å². The summed E-state index contributed by atoms with van der Waals surface area (Å²) in [6.07, 6.45) is 10.9. The first-order valence-corrected chi connectivity index (χ1v) is 24.6. The van der Waals surface area contributed by atoms with E-state index < -0.39 is 30.1 Å². The quantitative estimate of drug-likeness (QED) is 0.0993. The number of fused-ring (bicyclic) bond motifs is 1. The van der Waals surface area contributed by atoms with Gasteiger partial charge in [0.05, 0.1) is 41.7 Å². The maximum atomic E-state index is 14.2. The Hall–Kier alpha value is -7.44. The average Bonchev–Trinajstić information content (AvgIpc) is 4.11. The van der Waals surface area contributed by atoms with Crippen LogP contribution < -0.4 is 15.8 Å². The normalized spacial score (nSPS) is 17.6. The fourth-order valence-electron chi connectivity index (χ4n) is 9.72. The van der Waals surface area contributed by atoms with E-state index in [-0.39, 0.29) is 48.6 Å². The van der Waals surface area contributed by atoms with Crippen molar-refractivity contribution in [3.63, 3.8) is 0 Å². The highest BCUT2D eigenvalue weighted by Crippen LogP contribution is 2.32. The lowest BCUT2D eigenvalue weighted by Gasteiger charge is -2.36. The maximum absolute atomic E-state index is 14.2. The van der Waals surface area contributed by atoms with Crippen LogP contribution in [-0.2, 0) is 20.9 Å². The zero-order chi connectivity index (χ0) is 51.3. The second-order valence-electron chi connectivity index (χ2n) is 20.6. The number of nitrogens with one attached hydrogen (secondary N) is 1. The molecule has 6 aromatic rings. The average molecular weight is 973 g/mol. The molecule has 17 nitrogen and oxygen atoms in total. The molecule has 2 aliphatic rings. The summed E-state index contributed by atoms with van der Waals surface area (Å²) in [5, 5.41) is 37.0. The fourth-order valence-corrected chi connectivity index (χ4v) is 9.72. The monoisotopic (exact) mass is 973 g/mol. The molecule has 374 valence electrons. The minimum Gasteiger partial charge on any atom is -0.491 e. The number of ether oxygens (including phenoxy) is 1. The molecule has 2 fully saturated rings. The Morgan fingerprint density at radius 3 is 2.39 bits per heavy atom. The molecular weight excluding hydrogens is 909 g/mol. The van der Waals surface area contributed by atoms with Crippen molar-refractivity contribution in [2.45, 2.75) is 97.6 Å². The lowest BCUT2D eigenvalue weighted by atomic mass is 9.89. The molecule has 0 spiro atoms. The van der Waals surface area contributed by atoms with Crippen molar-refractivity contribution >= 4 is 28.8 Å². The van der Waals surface area contributed by atoms with Crippen molar-refractivity contribution < 1.29 is 24.2 Å². The number of piperazine rings is 1. The van der Waals surface area contributed by atoms with Gasteiger partial charge in [0.1, 0.15) is 41.5 Å².